The number of carbonyl (C=O) groups excluding carboxylic acids is 1. The van der Waals surface area contributed by atoms with Crippen molar-refractivity contribution in [2.75, 3.05) is 45.1 Å². The third-order valence-electron chi connectivity index (χ3n) is 6.89. The minimum absolute atomic E-state index is 0.194. The molecule has 5 rings (SSSR count). The van der Waals surface area contributed by atoms with Gasteiger partial charge in [0, 0.05) is 62.3 Å². The third kappa shape index (κ3) is 5.71. The van der Waals surface area contributed by atoms with Gasteiger partial charge in [-0.05, 0) is 51.1 Å². The summed E-state index contributed by atoms with van der Waals surface area (Å²) < 4.78 is 2.01. The second-order valence-corrected chi connectivity index (χ2v) is 9.53. The van der Waals surface area contributed by atoms with Crippen LogP contribution in [0.1, 0.15) is 32.1 Å². The summed E-state index contributed by atoms with van der Waals surface area (Å²) in [6.45, 7) is 6.60. The number of urea groups is 1. The summed E-state index contributed by atoms with van der Waals surface area (Å²) in [5.41, 5.74) is 3.54. The van der Waals surface area contributed by atoms with Crippen LogP contribution in [0.4, 0.5) is 10.6 Å². The first-order valence-corrected chi connectivity index (χ1v) is 12.4. The first-order chi connectivity index (χ1) is 16.6. The van der Waals surface area contributed by atoms with Gasteiger partial charge < -0.3 is 15.1 Å². The summed E-state index contributed by atoms with van der Waals surface area (Å²) in [6.07, 6.45) is 11.4. The highest BCUT2D eigenvalue weighted by molar-refractivity contribution is 5.90. The molecule has 0 unspecified atom stereocenters. The number of rotatable bonds is 7. The molecule has 0 atom stereocenters. The van der Waals surface area contributed by atoms with E-state index in [0.717, 1.165) is 80.7 Å². The van der Waals surface area contributed by atoms with Gasteiger partial charge in [0.2, 0.25) is 0 Å². The van der Waals surface area contributed by atoms with Gasteiger partial charge in [0.25, 0.3) is 0 Å². The van der Waals surface area contributed by atoms with Crippen molar-refractivity contribution in [3.05, 3.63) is 36.8 Å². The Labute approximate surface area is 200 Å². The lowest BCUT2D eigenvalue weighted by Gasteiger charge is -2.32. The Balaban J connectivity index is 1.19. The van der Waals surface area contributed by atoms with Gasteiger partial charge in [-0.15, -0.1) is 0 Å². The maximum atomic E-state index is 12.3. The monoisotopic (exact) mass is 462 g/mol. The summed E-state index contributed by atoms with van der Waals surface area (Å²) in [6, 6.07) is 5.77. The third-order valence-corrected chi connectivity index (χ3v) is 6.89. The molecule has 0 bridgehead atoms. The van der Waals surface area contributed by atoms with Crippen LogP contribution in [-0.4, -0.2) is 81.4 Å². The Morgan fingerprint density at radius 3 is 2.68 bits per heavy atom. The van der Waals surface area contributed by atoms with Gasteiger partial charge in [0.15, 0.2) is 0 Å². The van der Waals surface area contributed by atoms with Crippen LogP contribution in [-0.2, 0) is 6.54 Å². The van der Waals surface area contributed by atoms with Crippen molar-refractivity contribution in [1.82, 2.24) is 34.9 Å². The van der Waals surface area contributed by atoms with E-state index in [-0.39, 0.29) is 12.1 Å². The van der Waals surface area contributed by atoms with Gasteiger partial charge in [0.05, 0.1) is 17.2 Å². The molecule has 1 aliphatic heterocycles. The lowest BCUT2D eigenvalue weighted by atomic mass is 10.1. The number of hydrogen-bond acceptors (Lipinski definition) is 6. The Morgan fingerprint density at radius 2 is 1.85 bits per heavy atom. The molecule has 4 heterocycles. The lowest BCUT2D eigenvalue weighted by molar-refractivity contribution is 0.151. The number of piperazine rings is 1. The second kappa shape index (κ2) is 10.5. The summed E-state index contributed by atoms with van der Waals surface area (Å²) in [5, 5.41) is 10.4. The van der Waals surface area contributed by atoms with Gasteiger partial charge >= 0.3 is 6.03 Å². The molecule has 0 radical (unpaired) electrons. The average molecular weight is 463 g/mol. The predicted octanol–water partition coefficient (Wildman–Crippen LogP) is 3.19. The molecule has 2 aliphatic rings. The zero-order chi connectivity index (χ0) is 23.3. The molecule has 1 saturated heterocycles. The van der Waals surface area contributed by atoms with Gasteiger partial charge in [0.1, 0.15) is 5.82 Å². The Morgan fingerprint density at radius 1 is 1.03 bits per heavy atom. The number of amides is 2. The van der Waals surface area contributed by atoms with Crippen LogP contribution in [0.25, 0.3) is 22.2 Å². The van der Waals surface area contributed by atoms with Crippen molar-refractivity contribution in [1.29, 1.82) is 0 Å². The lowest BCUT2D eigenvalue weighted by Crippen LogP contribution is -2.44. The maximum Gasteiger partial charge on any atom is 0.320 e. The highest BCUT2D eigenvalue weighted by Crippen LogP contribution is 2.23. The zero-order valence-electron chi connectivity index (χ0n) is 19.9. The maximum absolute atomic E-state index is 12.3. The number of likely N-dealkylation sites (N-methyl/N-ethyl adjacent to an activating group) is 1. The van der Waals surface area contributed by atoms with E-state index in [4.69, 9.17) is 0 Å². The van der Waals surface area contributed by atoms with Crippen molar-refractivity contribution in [3.8, 4) is 11.1 Å². The highest BCUT2D eigenvalue weighted by Gasteiger charge is 2.17. The summed E-state index contributed by atoms with van der Waals surface area (Å²) in [7, 11) is 2.19. The van der Waals surface area contributed by atoms with E-state index in [1.165, 1.54) is 12.8 Å². The Bertz CT molecular complexity index is 1120. The molecule has 9 nitrogen and oxygen atoms in total. The number of aryl methyl sites for hydroxylation is 1. The van der Waals surface area contributed by atoms with Crippen molar-refractivity contribution in [2.24, 2.45) is 0 Å². The number of nitrogens with one attached hydrogen (secondary N) is 2. The fraction of sp³-hybridized carbons (Fsp3) is 0.520. The number of fused-ring (bicyclic) bond motifs is 1. The first-order valence-electron chi connectivity index (χ1n) is 12.4. The van der Waals surface area contributed by atoms with Crippen LogP contribution in [0, 0.1) is 0 Å². The standard InChI is InChI=1S/C25H34N8O/c1-31-11-13-32(14-12-31)9-4-10-33-18-20(17-27-33)19-15-23-22(26-16-19)7-8-24(29-23)30-25(34)28-21-5-2-3-6-21/h7-8,15-18,21H,2-6,9-14H2,1H3,(H2,28,29,30,34). The Kier molecular flexibility index (Phi) is 7.01. The van der Waals surface area contributed by atoms with Gasteiger partial charge in [-0.25, -0.2) is 9.78 Å². The highest BCUT2D eigenvalue weighted by atomic mass is 16.2. The molecule has 2 N–H and O–H groups in total. The number of aromatic nitrogens is 4. The molecule has 34 heavy (non-hydrogen) atoms. The van der Waals surface area contributed by atoms with Crippen LogP contribution in [0.15, 0.2) is 36.8 Å². The van der Waals surface area contributed by atoms with Crippen LogP contribution < -0.4 is 10.6 Å². The largest absolute Gasteiger partial charge is 0.335 e. The van der Waals surface area contributed by atoms with Gasteiger partial charge in [-0.3, -0.25) is 15.0 Å². The number of pyridine rings is 2. The van der Waals surface area contributed by atoms with Crippen LogP contribution in [0.2, 0.25) is 0 Å². The molecule has 0 spiro atoms. The average Bonchev–Trinajstić information content (AvgIpc) is 3.52. The first kappa shape index (κ1) is 22.7. The summed E-state index contributed by atoms with van der Waals surface area (Å²) >= 11 is 0. The topological polar surface area (TPSA) is 91.2 Å². The molecule has 1 aliphatic carbocycles. The molecule has 2 amide bonds. The molecular formula is C25H34N8O. The number of hydrogen-bond donors (Lipinski definition) is 2. The van der Waals surface area contributed by atoms with E-state index in [2.05, 4.69) is 48.7 Å². The number of nitrogens with zero attached hydrogens (tertiary/aromatic N) is 6. The van der Waals surface area contributed by atoms with E-state index in [9.17, 15) is 4.79 Å². The normalized spacial score (nSPS) is 17.9. The molecule has 9 heteroatoms. The Hall–Kier alpha value is -3.04. The molecule has 1 saturated carbocycles. The number of carbonyl (C=O) groups is 1. The molecular weight excluding hydrogens is 428 g/mol. The van der Waals surface area contributed by atoms with Crippen LogP contribution >= 0.6 is 0 Å². The van der Waals surface area contributed by atoms with E-state index in [1.807, 2.05) is 29.2 Å². The van der Waals surface area contributed by atoms with Crippen LogP contribution in [0.3, 0.4) is 0 Å². The molecule has 0 aromatic carbocycles. The molecule has 2 fully saturated rings. The quantitative estimate of drug-likeness (QED) is 0.560. The minimum atomic E-state index is -0.194. The number of anilines is 1. The van der Waals surface area contributed by atoms with Crippen molar-refractivity contribution < 1.29 is 4.79 Å². The van der Waals surface area contributed by atoms with Crippen molar-refractivity contribution in [3.63, 3.8) is 0 Å². The van der Waals surface area contributed by atoms with Gasteiger partial charge in [-0.1, -0.05) is 12.8 Å². The molecule has 3 aromatic heterocycles. The second-order valence-electron chi connectivity index (χ2n) is 9.53. The van der Waals surface area contributed by atoms with Crippen molar-refractivity contribution >= 4 is 22.9 Å². The van der Waals surface area contributed by atoms with E-state index in [0.29, 0.717) is 5.82 Å². The fourth-order valence-electron chi connectivity index (χ4n) is 4.80. The predicted molar refractivity (Wildman–Crippen MR) is 134 cm³/mol. The van der Waals surface area contributed by atoms with Gasteiger partial charge in [-0.2, -0.15) is 5.10 Å². The summed E-state index contributed by atoms with van der Waals surface area (Å²) in [5.74, 6) is 0.529. The molecule has 3 aromatic rings. The van der Waals surface area contributed by atoms with Crippen LogP contribution in [0.5, 0.6) is 0 Å². The summed E-state index contributed by atoms with van der Waals surface area (Å²) in [4.78, 5) is 26.4. The smallest absolute Gasteiger partial charge is 0.320 e. The fourth-order valence-corrected chi connectivity index (χ4v) is 4.80. The van der Waals surface area contributed by atoms with E-state index in [1.54, 1.807) is 6.07 Å². The SMILES string of the molecule is CN1CCN(CCCn2cc(-c3cnc4ccc(NC(=O)NC5CCCC5)nc4c3)cn2)CC1. The zero-order valence-corrected chi connectivity index (χ0v) is 19.9. The molecule has 180 valence electrons. The van der Waals surface area contributed by atoms with E-state index >= 15 is 0 Å². The minimum Gasteiger partial charge on any atom is -0.335 e. The van der Waals surface area contributed by atoms with Crippen molar-refractivity contribution in [2.45, 2.75) is 44.7 Å². The van der Waals surface area contributed by atoms with E-state index < -0.39 is 0 Å².